The first kappa shape index (κ1) is 15.0. The van der Waals surface area contributed by atoms with E-state index >= 15 is 0 Å². The molecule has 3 aromatic rings. The minimum Gasteiger partial charge on any atom is -0.462 e. The van der Waals surface area contributed by atoms with E-state index in [4.69, 9.17) is 4.42 Å². The average Bonchev–Trinajstić information content (AvgIpc) is 3.13. The lowest BCUT2D eigenvalue weighted by atomic mass is 10.2. The van der Waals surface area contributed by atoms with Gasteiger partial charge in [-0.3, -0.25) is 4.79 Å². The zero-order valence-electron chi connectivity index (χ0n) is 11.8. The van der Waals surface area contributed by atoms with Gasteiger partial charge in [0.2, 0.25) is 5.91 Å². The standard InChI is InChI=1S/C16H13BrN2O2S/c1-10-7-11(4-5-13(10)17)18-15(20)8-12-9-22-16(19-12)14-3-2-6-21-14/h2-7,9H,8H2,1H3,(H,18,20). The SMILES string of the molecule is Cc1cc(NC(=O)Cc2csc(-c3ccco3)n2)ccc1Br. The number of carbonyl (C=O) groups is 1. The molecule has 1 amide bonds. The lowest BCUT2D eigenvalue weighted by Crippen LogP contribution is -2.14. The molecule has 0 fully saturated rings. The van der Waals surface area contributed by atoms with Gasteiger partial charge in [-0.2, -0.15) is 0 Å². The first-order chi connectivity index (χ1) is 10.6. The van der Waals surface area contributed by atoms with Crippen LogP contribution in [0.2, 0.25) is 0 Å². The molecule has 0 saturated heterocycles. The number of hydrogen-bond acceptors (Lipinski definition) is 4. The molecular formula is C16H13BrN2O2S. The molecule has 2 heterocycles. The van der Waals surface area contributed by atoms with E-state index in [2.05, 4.69) is 26.2 Å². The molecule has 3 rings (SSSR count). The largest absolute Gasteiger partial charge is 0.462 e. The molecule has 22 heavy (non-hydrogen) atoms. The highest BCUT2D eigenvalue weighted by atomic mass is 79.9. The molecule has 0 radical (unpaired) electrons. The van der Waals surface area contributed by atoms with Crippen LogP contribution in [-0.2, 0) is 11.2 Å². The van der Waals surface area contributed by atoms with E-state index in [1.54, 1.807) is 6.26 Å². The number of anilines is 1. The third kappa shape index (κ3) is 3.45. The first-order valence-electron chi connectivity index (χ1n) is 6.66. The Kier molecular flexibility index (Phi) is 4.40. The zero-order chi connectivity index (χ0) is 15.5. The van der Waals surface area contributed by atoms with Crippen LogP contribution in [0, 0.1) is 6.92 Å². The summed E-state index contributed by atoms with van der Waals surface area (Å²) in [4.78, 5) is 16.5. The third-order valence-corrected chi connectivity index (χ3v) is 4.86. The highest BCUT2D eigenvalue weighted by Crippen LogP contribution is 2.24. The van der Waals surface area contributed by atoms with E-state index in [9.17, 15) is 4.79 Å². The van der Waals surface area contributed by atoms with Crippen molar-refractivity contribution in [2.45, 2.75) is 13.3 Å². The summed E-state index contributed by atoms with van der Waals surface area (Å²) in [5.74, 6) is 0.637. The van der Waals surface area contributed by atoms with E-state index in [0.29, 0.717) is 0 Å². The predicted octanol–water partition coefficient (Wildman–Crippen LogP) is 4.66. The Labute approximate surface area is 140 Å². The van der Waals surface area contributed by atoms with Crippen LogP contribution in [0.1, 0.15) is 11.3 Å². The molecule has 0 unspecified atom stereocenters. The third-order valence-electron chi connectivity index (χ3n) is 3.07. The van der Waals surface area contributed by atoms with Crippen LogP contribution >= 0.6 is 27.3 Å². The van der Waals surface area contributed by atoms with Gasteiger partial charge in [0.15, 0.2) is 10.8 Å². The average molecular weight is 377 g/mol. The molecule has 0 spiro atoms. The fourth-order valence-corrected chi connectivity index (χ4v) is 3.03. The van der Waals surface area contributed by atoms with Gasteiger partial charge in [-0.25, -0.2) is 4.98 Å². The second-order valence-electron chi connectivity index (χ2n) is 4.81. The molecule has 0 aliphatic heterocycles. The summed E-state index contributed by atoms with van der Waals surface area (Å²) in [5.41, 5.74) is 2.60. The lowest BCUT2D eigenvalue weighted by molar-refractivity contribution is -0.115. The maximum absolute atomic E-state index is 12.1. The highest BCUT2D eigenvalue weighted by Gasteiger charge is 2.11. The summed E-state index contributed by atoms with van der Waals surface area (Å²) >= 11 is 4.91. The van der Waals surface area contributed by atoms with Crippen LogP contribution in [0.25, 0.3) is 10.8 Å². The summed E-state index contributed by atoms with van der Waals surface area (Å²) in [6.07, 6.45) is 1.85. The summed E-state index contributed by atoms with van der Waals surface area (Å²) in [6, 6.07) is 9.39. The smallest absolute Gasteiger partial charge is 0.230 e. The first-order valence-corrected chi connectivity index (χ1v) is 8.33. The number of furan rings is 1. The van der Waals surface area contributed by atoms with Crippen LogP contribution in [0.3, 0.4) is 0 Å². The monoisotopic (exact) mass is 376 g/mol. The summed E-state index contributed by atoms with van der Waals surface area (Å²) in [5, 5.41) is 5.55. The molecule has 1 aromatic carbocycles. The van der Waals surface area contributed by atoms with Gasteiger partial charge in [0.1, 0.15) is 0 Å². The maximum atomic E-state index is 12.1. The molecule has 0 aliphatic rings. The molecule has 0 atom stereocenters. The van der Waals surface area contributed by atoms with Crippen LogP contribution < -0.4 is 5.32 Å². The van der Waals surface area contributed by atoms with E-state index < -0.39 is 0 Å². The second kappa shape index (κ2) is 6.46. The Morgan fingerprint density at radius 1 is 1.41 bits per heavy atom. The predicted molar refractivity (Wildman–Crippen MR) is 91.0 cm³/mol. The van der Waals surface area contributed by atoms with Gasteiger partial charge < -0.3 is 9.73 Å². The Morgan fingerprint density at radius 2 is 2.27 bits per heavy atom. The maximum Gasteiger partial charge on any atom is 0.230 e. The van der Waals surface area contributed by atoms with E-state index in [-0.39, 0.29) is 12.3 Å². The summed E-state index contributed by atoms with van der Waals surface area (Å²) in [7, 11) is 0. The molecule has 1 N–H and O–H groups in total. The number of amides is 1. The topological polar surface area (TPSA) is 55.1 Å². The number of carbonyl (C=O) groups excluding carboxylic acids is 1. The highest BCUT2D eigenvalue weighted by molar-refractivity contribution is 9.10. The van der Waals surface area contributed by atoms with Crippen molar-refractivity contribution in [2.75, 3.05) is 5.32 Å². The molecule has 0 bridgehead atoms. The van der Waals surface area contributed by atoms with Crippen LogP contribution in [0.4, 0.5) is 5.69 Å². The minimum absolute atomic E-state index is 0.0852. The Hall–Kier alpha value is -1.92. The van der Waals surface area contributed by atoms with Gasteiger partial charge in [0.05, 0.1) is 18.4 Å². The zero-order valence-corrected chi connectivity index (χ0v) is 14.2. The van der Waals surface area contributed by atoms with Gasteiger partial charge in [-0.1, -0.05) is 15.9 Å². The van der Waals surface area contributed by atoms with Crippen molar-refractivity contribution in [2.24, 2.45) is 0 Å². The number of aromatic nitrogens is 1. The van der Waals surface area contributed by atoms with Crippen molar-refractivity contribution < 1.29 is 9.21 Å². The van der Waals surface area contributed by atoms with Crippen molar-refractivity contribution in [3.8, 4) is 10.8 Å². The molecule has 0 saturated carbocycles. The lowest BCUT2D eigenvalue weighted by Gasteiger charge is -2.06. The second-order valence-corrected chi connectivity index (χ2v) is 6.52. The Morgan fingerprint density at radius 3 is 3.00 bits per heavy atom. The quantitative estimate of drug-likeness (QED) is 0.720. The van der Waals surface area contributed by atoms with E-state index in [1.165, 1.54) is 11.3 Å². The van der Waals surface area contributed by atoms with E-state index in [0.717, 1.165) is 32.2 Å². The Balaban J connectivity index is 1.65. The number of thiazole rings is 1. The number of nitrogens with one attached hydrogen (secondary N) is 1. The molecule has 0 aliphatic carbocycles. The molecular weight excluding hydrogens is 364 g/mol. The fourth-order valence-electron chi connectivity index (χ4n) is 1.99. The van der Waals surface area contributed by atoms with Crippen LogP contribution in [0.5, 0.6) is 0 Å². The molecule has 4 nitrogen and oxygen atoms in total. The van der Waals surface area contributed by atoms with Crippen molar-refractivity contribution in [3.63, 3.8) is 0 Å². The molecule has 112 valence electrons. The molecule has 6 heteroatoms. The van der Waals surface area contributed by atoms with Gasteiger partial charge >= 0.3 is 0 Å². The Bertz CT molecular complexity index is 796. The minimum atomic E-state index is -0.0852. The summed E-state index contributed by atoms with van der Waals surface area (Å²) in [6.45, 7) is 1.98. The van der Waals surface area contributed by atoms with E-state index in [1.807, 2.05) is 42.6 Å². The fraction of sp³-hybridized carbons (Fsp3) is 0.125. The summed E-state index contributed by atoms with van der Waals surface area (Å²) < 4.78 is 6.32. The number of benzene rings is 1. The number of nitrogens with zero attached hydrogens (tertiary/aromatic N) is 1. The number of hydrogen-bond donors (Lipinski definition) is 1. The van der Waals surface area contributed by atoms with Gasteiger partial charge in [0.25, 0.3) is 0 Å². The van der Waals surface area contributed by atoms with Crippen molar-refractivity contribution >= 4 is 38.9 Å². The van der Waals surface area contributed by atoms with Crippen molar-refractivity contribution in [1.82, 2.24) is 4.98 Å². The number of halogens is 1. The van der Waals surface area contributed by atoms with Crippen LogP contribution in [-0.4, -0.2) is 10.9 Å². The van der Waals surface area contributed by atoms with Gasteiger partial charge in [-0.05, 0) is 42.8 Å². The normalized spacial score (nSPS) is 10.6. The van der Waals surface area contributed by atoms with Crippen LogP contribution in [0.15, 0.2) is 50.9 Å². The van der Waals surface area contributed by atoms with Gasteiger partial charge in [-0.15, -0.1) is 11.3 Å². The number of aryl methyl sites for hydroxylation is 1. The number of rotatable bonds is 4. The van der Waals surface area contributed by atoms with Crippen molar-refractivity contribution in [3.05, 3.63) is 57.7 Å². The van der Waals surface area contributed by atoms with Gasteiger partial charge in [0, 0.05) is 15.5 Å². The van der Waals surface area contributed by atoms with Crippen molar-refractivity contribution in [1.29, 1.82) is 0 Å². The molecule has 2 aromatic heterocycles.